The summed E-state index contributed by atoms with van der Waals surface area (Å²) >= 11 is 0. The van der Waals surface area contributed by atoms with Gasteiger partial charge in [0.2, 0.25) is 11.8 Å². The Balaban J connectivity index is 1.53. The van der Waals surface area contributed by atoms with Crippen molar-refractivity contribution in [3.63, 3.8) is 0 Å². The molecule has 0 aromatic heterocycles. The largest absolute Gasteiger partial charge is 0.484 e. The van der Waals surface area contributed by atoms with Gasteiger partial charge in [-0.1, -0.05) is 18.2 Å². The molecule has 3 amide bonds. The second kappa shape index (κ2) is 9.03. The molecule has 2 N–H and O–H groups in total. The van der Waals surface area contributed by atoms with Crippen molar-refractivity contribution in [1.82, 2.24) is 5.32 Å². The van der Waals surface area contributed by atoms with Crippen molar-refractivity contribution in [3.05, 3.63) is 54.6 Å². The molecule has 0 aliphatic carbocycles. The first-order valence-corrected chi connectivity index (χ1v) is 9.22. The zero-order valence-corrected chi connectivity index (χ0v) is 15.7. The highest BCUT2D eigenvalue weighted by atomic mass is 16.5. The quantitative estimate of drug-likeness (QED) is 0.770. The average molecular weight is 381 g/mol. The average Bonchev–Trinajstić information content (AvgIpc) is 3.10. The van der Waals surface area contributed by atoms with E-state index in [-0.39, 0.29) is 30.7 Å². The van der Waals surface area contributed by atoms with Crippen LogP contribution in [0, 0.1) is 5.92 Å². The second-order valence-electron chi connectivity index (χ2n) is 6.50. The minimum atomic E-state index is -0.402. The maximum absolute atomic E-state index is 12.5. The van der Waals surface area contributed by atoms with Gasteiger partial charge in [-0.25, -0.2) is 0 Å². The number of carbonyl (C=O) groups excluding carboxylic acids is 3. The summed E-state index contributed by atoms with van der Waals surface area (Å²) in [7, 11) is 0. The Labute approximate surface area is 163 Å². The molecular formula is C21H23N3O4. The normalized spacial score (nSPS) is 16.0. The lowest BCUT2D eigenvalue weighted by Crippen LogP contribution is -2.28. The Kier molecular flexibility index (Phi) is 6.26. The number of likely N-dealkylation sites (N-methyl/N-ethyl adjacent to an activating group) is 1. The van der Waals surface area contributed by atoms with Crippen LogP contribution in [0.25, 0.3) is 0 Å². The third-order valence-corrected chi connectivity index (χ3v) is 4.43. The van der Waals surface area contributed by atoms with Gasteiger partial charge in [0.15, 0.2) is 6.61 Å². The van der Waals surface area contributed by atoms with Crippen LogP contribution >= 0.6 is 0 Å². The summed E-state index contributed by atoms with van der Waals surface area (Å²) in [5, 5.41) is 5.49. The third-order valence-electron chi connectivity index (χ3n) is 4.43. The number of para-hydroxylation sites is 1. The molecule has 1 unspecified atom stereocenters. The zero-order valence-electron chi connectivity index (χ0n) is 15.7. The SMILES string of the molecule is CCNC(=O)COc1ccc(NC(=O)C2CC(=O)N(c3ccccc3)C2)cc1. The van der Waals surface area contributed by atoms with Crippen molar-refractivity contribution in [2.45, 2.75) is 13.3 Å². The van der Waals surface area contributed by atoms with E-state index in [4.69, 9.17) is 4.74 Å². The van der Waals surface area contributed by atoms with Gasteiger partial charge in [-0.15, -0.1) is 0 Å². The lowest BCUT2D eigenvalue weighted by Gasteiger charge is -2.16. The molecule has 7 nitrogen and oxygen atoms in total. The molecule has 1 heterocycles. The van der Waals surface area contributed by atoms with E-state index in [2.05, 4.69) is 10.6 Å². The summed E-state index contributed by atoms with van der Waals surface area (Å²) in [6, 6.07) is 16.1. The Morgan fingerprint density at radius 3 is 2.50 bits per heavy atom. The molecule has 2 aromatic carbocycles. The molecule has 7 heteroatoms. The Bertz CT molecular complexity index is 836. The highest BCUT2D eigenvalue weighted by Crippen LogP contribution is 2.26. The van der Waals surface area contributed by atoms with Crippen molar-refractivity contribution in [2.24, 2.45) is 5.92 Å². The molecule has 1 aliphatic rings. The van der Waals surface area contributed by atoms with Gasteiger partial charge in [0, 0.05) is 30.9 Å². The van der Waals surface area contributed by atoms with Crippen LogP contribution in [0.15, 0.2) is 54.6 Å². The number of benzene rings is 2. The van der Waals surface area contributed by atoms with Gasteiger partial charge in [-0.05, 0) is 43.3 Å². The van der Waals surface area contributed by atoms with E-state index in [1.54, 1.807) is 29.2 Å². The van der Waals surface area contributed by atoms with Crippen molar-refractivity contribution < 1.29 is 19.1 Å². The monoisotopic (exact) mass is 381 g/mol. The first-order valence-electron chi connectivity index (χ1n) is 9.22. The number of nitrogens with zero attached hydrogens (tertiary/aromatic N) is 1. The highest BCUT2D eigenvalue weighted by Gasteiger charge is 2.35. The Morgan fingerprint density at radius 1 is 1.11 bits per heavy atom. The van der Waals surface area contributed by atoms with Gasteiger partial charge in [-0.2, -0.15) is 0 Å². The molecule has 0 spiro atoms. The van der Waals surface area contributed by atoms with Crippen LogP contribution in [-0.4, -0.2) is 37.4 Å². The van der Waals surface area contributed by atoms with Gasteiger partial charge >= 0.3 is 0 Å². The summed E-state index contributed by atoms with van der Waals surface area (Å²) in [6.07, 6.45) is 0.189. The molecular weight excluding hydrogens is 358 g/mol. The van der Waals surface area contributed by atoms with Gasteiger partial charge < -0.3 is 20.3 Å². The Morgan fingerprint density at radius 2 is 1.82 bits per heavy atom. The van der Waals surface area contributed by atoms with Gasteiger partial charge in [0.05, 0.1) is 5.92 Å². The number of ether oxygens (including phenoxy) is 1. The van der Waals surface area contributed by atoms with E-state index in [0.29, 0.717) is 24.5 Å². The molecule has 0 bridgehead atoms. The van der Waals surface area contributed by atoms with Crippen LogP contribution in [0.1, 0.15) is 13.3 Å². The first kappa shape index (κ1) is 19.4. The molecule has 0 saturated carbocycles. The molecule has 1 fully saturated rings. The van der Waals surface area contributed by atoms with Crippen molar-refractivity contribution in [1.29, 1.82) is 0 Å². The Hall–Kier alpha value is -3.35. The fourth-order valence-electron chi connectivity index (χ4n) is 3.02. The van der Waals surface area contributed by atoms with E-state index in [0.717, 1.165) is 5.69 Å². The minimum Gasteiger partial charge on any atom is -0.484 e. The number of hydrogen-bond acceptors (Lipinski definition) is 4. The molecule has 1 saturated heterocycles. The first-order chi connectivity index (χ1) is 13.6. The summed E-state index contributed by atoms with van der Waals surface area (Å²) in [6.45, 7) is 2.70. The van der Waals surface area contributed by atoms with E-state index in [1.165, 1.54) is 0 Å². The number of amides is 3. The minimum absolute atomic E-state index is 0.0551. The summed E-state index contributed by atoms with van der Waals surface area (Å²) in [5.41, 5.74) is 1.41. The lowest BCUT2D eigenvalue weighted by atomic mass is 10.1. The fourth-order valence-corrected chi connectivity index (χ4v) is 3.02. The van der Waals surface area contributed by atoms with E-state index >= 15 is 0 Å². The van der Waals surface area contributed by atoms with Crippen molar-refractivity contribution >= 4 is 29.1 Å². The fraction of sp³-hybridized carbons (Fsp3) is 0.286. The molecule has 1 aliphatic heterocycles. The van der Waals surface area contributed by atoms with E-state index < -0.39 is 5.92 Å². The van der Waals surface area contributed by atoms with Gasteiger partial charge in [0.1, 0.15) is 5.75 Å². The van der Waals surface area contributed by atoms with Crippen LogP contribution in [0.5, 0.6) is 5.75 Å². The summed E-state index contributed by atoms with van der Waals surface area (Å²) < 4.78 is 5.38. The van der Waals surface area contributed by atoms with Crippen LogP contribution < -0.4 is 20.3 Å². The predicted molar refractivity (Wildman–Crippen MR) is 106 cm³/mol. The maximum atomic E-state index is 12.5. The number of rotatable bonds is 7. The van der Waals surface area contributed by atoms with Crippen LogP contribution in [0.2, 0.25) is 0 Å². The number of anilines is 2. The predicted octanol–water partition coefficient (Wildman–Crippen LogP) is 2.19. The lowest BCUT2D eigenvalue weighted by molar-refractivity contribution is -0.123. The highest BCUT2D eigenvalue weighted by molar-refractivity contribution is 6.03. The molecule has 1 atom stereocenters. The van der Waals surface area contributed by atoms with Crippen LogP contribution in [-0.2, 0) is 14.4 Å². The topological polar surface area (TPSA) is 87.7 Å². The zero-order chi connectivity index (χ0) is 19.9. The van der Waals surface area contributed by atoms with Gasteiger partial charge in [0.25, 0.3) is 5.91 Å². The van der Waals surface area contributed by atoms with Crippen LogP contribution in [0.4, 0.5) is 11.4 Å². The molecule has 3 rings (SSSR count). The molecule has 28 heavy (non-hydrogen) atoms. The van der Waals surface area contributed by atoms with Gasteiger partial charge in [-0.3, -0.25) is 14.4 Å². The number of hydrogen-bond donors (Lipinski definition) is 2. The van der Waals surface area contributed by atoms with E-state index in [9.17, 15) is 14.4 Å². The standard InChI is InChI=1S/C21H23N3O4/c1-2-22-19(25)14-28-18-10-8-16(9-11-18)23-21(27)15-12-20(26)24(13-15)17-6-4-3-5-7-17/h3-11,15H,2,12-14H2,1H3,(H,22,25)(H,23,27). The molecule has 0 radical (unpaired) electrons. The summed E-state index contributed by atoms with van der Waals surface area (Å²) in [5.74, 6) is -0.297. The number of carbonyl (C=O) groups is 3. The molecule has 2 aromatic rings. The third kappa shape index (κ3) is 4.88. The maximum Gasteiger partial charge on any atom is 0.257 e. The van der Waals surface area contributed by atoms with Crippen LogP contribution in [0.3, 0.4) is 0 Å². The second-order valence-corrected chi connectivity index (χ2v) is 6.50. The molecule has 146 valence electrons. The number of nitrogens with one attached hydrogen (secondary N) is 2. The summed E-state index contributed by atoms with van der Waals surface area (Å²) in [4.78, 5) is 37.8. The van der Waals surface area contributed by atoms with Crippen molar-refractivity contribution in [3.8, 4) is 5.75 Å². The van der Waals surface area contributed by atoms with E-state index in [1.807, 2.05) is 37.3 Å². The van der Waals surface area contributed by atoms with Crippen molar-refractivity contribution in [2.75, 3.05) is 29.9 Å². The smallest absolute Gasteiger partial charge is 0.257 e.